The minimum atomic E-state index is -4.42. The van der Waals surface area contributed by atoms with Crippen molar-refractivity contribution in [1.29, 1.82) is 0 Å². The summed E-state index contributed by atoms with van der Waals surface area (Å²) < 4.78 is 33.1. The fraction of sp³-hybridized carbons (Fsp3) is 1.00. The number of nitrogens with zero attached hydrogens (tertiary/aromatic N) is 1. The molecule has 0 radical (unpaired) electrons. The lowest BCUT2D eigenvalue weighted by molar-refractivity contribution is -0.870. The Hall–Kier alpha value is -0.170. The third kappa shape index (κ3) is 39.3. The second-order valence-corrected chi connectivity index (χ2v) is 11.6. The van der Waals surface area contributed by atoms with Gasteiger partial charge in [-0.15, -0.1) is 0 Å². The molecule has 33 heavy (non-hydrogen) atoms. The van der Waals surface area contributed by atoms with E-state index in [9.17, 15) is 13.0 Å². The number of unbranched alkanes of at least 4 members (excludes halogenated alkanes) is 19. The van der Waals surface area contributed by atoms with Gasteiger partial charge in [-0.3, -0.25) is 4.18 Å². The van der Waals surface area contributed by atoms with Crippen molar-refractivity contribution in [3.05, 3.63) is 0 Å². The molecule has 0 rings (SSSR count). The van der Waals surface area contributed by atoms with Crippen molar-refractivity contribution in [2.24, 2.45) is 0 Å². The lowest BCUT2D eigenvalue weighted by Gasteiger charge is -2.23. The molecule has 0 unspecified atom stereocenters. The molecule has 0 atom stereocenters. The Morgan fingerprint density at radius 1 is 0.545 bits per heavy atom. The summed E-state index contributed by atoms with van der Waals surface area (Å²) in [6.07, 6.45) is 29.3. The molecule has 0 spiro atoms. The Kier molecular flexibility index (Phi) is 26.4. The lowest BCUT2D eigenvalue weighted by Crippen LogP contribution is -2.35. The van der Waals surface area contributed by atoms with Crippen LogP contribution in [0.2, 0.25) is 0 Å². The van der Waals surface area contributed by atoms with Crippen molar-refractivity contribution in [2.45, 2.75) is 142 Å². The molecule has 0 aliphatic rings. The van der Waals surface area contributed by atoms with Crippen LogP contribution >= 0.6 is 0 Å². The monoisotopic (exact) mass is 493 g/mol. The first kappa shape index (κ1) is 35.0. The number of rotatable bonds is 23. The smallest absolute Gasteiger partial charge is 0.217 e. The minimum absolute atomic E-state index is 0.0914. The van der Waals surface area contributed by atoms with Gasteiger partial charge >= 0.3 is 0 Å². The Bertz CT molecular complexity index is 475. The molecule has 0 fully saturated rings. The summed E-state index contributed by atoms with van der Waals surface area (Å²) in [5, 5.41) is 0. The van der Waals surface area contributed by atoms with Gasteiger partial charge in [0, 0.05) is 0 Å². The van der Waals surface area contributed by atoms with E-state index in [0.717, 1.165) is 4.48 Å². The van der Waals surface area contributed by atoms with E-state index >= 15 is 0 Å². The zero-order valence-electron chi connectivity index (χ0n) is 23.0. The van der Waals surface area contributed by atoms with Crippen LogP contribution in [0.15, 0.2) is 0 Å². The highest BCUT2D eigenvalue weighted by atomic mass is 32.3. The van der Waals surface area contributed by atoms with Gasteiger partial charge in [0.25, 0.3) is 0 Å². The van der Waals surface area contributed by atoms with Crippen molar-refractivity contribution in [3.63, 3.8) is 0 Å². The van der Waals surface area contributed by atoms with Crippen LogP contribution in [0.5, 0.6) is 0 Å². The van der Waals surface area contributed by atoms with E-state index in [4.69, 9.17) is 0 Å². The maximum absolute atomic E-state index is 9.45. The maximum atomic E-state index is 9.45. The highest BCUT2D eigenvalue weighted by Gasteiger charge is 2.04. The van der Waals surface area contributed by atoms with Crippen LogP contribution in [0.1, 0.15) is 142 Å². The van der Waals surface area contributed by atoms with Crippen LogP contribution in [-0.2, 0) is 14.6 Å². The predicted octanol–water partition coefficient (Wildman–Crippen LogP) is 8.00. The number of hydrogen-bond donors (Lipinski definition) is 0. The molecule has 0 aromatic carbocycles. The Morgan fingerprint density at radius 3 is 1.00 bits per heavy atom. The molecule has 0 aromatic heterocycles. The summed E-state index contributed by atoms with van der Waals surface area (Å²) >= 11 is 0. The van der Waals surface area contributed by atoms with E-state index in [2.05, 4.69) is 32.2 Å². The van der Waals surface area contributed by atoms with E-state index in [-0.39, 0.29) is 6.61 Å². The molecule has 0 aliphatic carbocycles. The van der Waals surface area contributed by atoms with E-state index < -0.39 is 10.4 Å². The van der Waals surface area contributed by atoms with E-state index in [1.54, 1.807) is 0 Å². The van der Waals surface area contributed by atoms with Gasteiger partial charge in [-0.1, -0.05) is 122 Å². The molecule has 202 valence electrons. The summed E-state index contributed by atoms with van der Waals surface area (Å²) in [5.74, 6) is 0. The van der Waals surface area contributed by atoms with Crippen molar-refractivity contribution in [1.82, 2.24) is 0 Å². The number of quaternary nitrogens is 1. The van der Waals surface area contributed by atoms with Crippen LogP contribution in [0, 0.1) is 0 Å². The molecule has 0 saturated carbocycles. The first-order chi connectivity index (χ1) is 15.6. The standard InChI is InChI=1S/C25H54N.C2H6O4S/c1-5-6-7-8-9-10-11-12-13-14-15-16-17-18-19-20-21-22-23-24-25-26(2,3)4;1-2-6-7(3,4)5/h5-25H2,1-4H3;2H2,1H3,(H,3,4,5)/q+1;/p-1. The Morgan fingerprint density at radius 2 is 0.818 bits per heavy atom. The lowest BCUT2D eigenvalue weighted by atomic mass is 10.0. The predicted molar refractivity (Wildman–Crippen MR) is 142 cm³/mol. The van der Waals surface area contributed by atoms with Crippen LogP contribution < -0.4 is 0 Å². The fourth-order valence-corrected chi connectivity index (χ4v) is 4.27. The van der Waals surface area contributed by atoms with Gasteiger partial charge < -0.3 is 9.04 Å². The van der Waals surface area contributed by atoms with Crippen LogP contribution in [0.25, 0.3) is 0 Å². The first-order valence-electron chi connectivity index (χ1n) is 14.0. The molecular formula is C27H59NO4S. The summed E-state index contributed by atoms with van der Waals surface area (Å²) in [4.78, 5) is 0. The zero-order valence-corrected chi connectivity index (χ0v) is 23.9. The van der Waals surface area contributed by atoms with Gasteiger partial charge in [-0.05, 0) is 19.8 Å². The van der Waals surface area contributed by atoms with Crippen molar-refractivity contribution < 1.29 is 21.6 Å². The third-order valence-electron chi connectivity index (χ3n) is 5.94. The topological polar surface area (TPSA) is 66.4 Å². The van der Waals surface area contributed by atoms with Gasteiger partial charge in [-0.25, -0.2) is 8.42 Å². The molecular weight excluding hydrogens is 434 g/mol. The molecule has 0 amide bonds. The largest absolute Gasteiger partial charge is 0.726 e. The molecule has 5 nitrogen and oxygen atoms in total. The highest BCUT2D eigenvalue weighted by Crippen LogP contribution is 2.15. The second kappa shape index (κ2) is 24.9. The third-order valence-corrected chi connectivity index (χ3v) is 6.47. The Labute approximate surface area is 208 Å². The van der Waals surface area contributed by atoms with Crippen molar-refractivity contribution in [3.8, 4) is 0 Å². The van der Waals surface area contributed by atoms with E-state index in [1.807, 2.05) is 0 Å². The highest BCUT2D eigenvalue weighted by molar-refractivity contribution is 7.80. The molecule has 0 N–H and O–H groups in total. The first-order valence-corrected chi connectivity index (χ1v) is 15.4. The van der Waals surface area contributed by atoms with Crippen LogP contribution in [0.4, 0.5) is 0 Å². The Balaban J connectivity index is 0. The molecule has 0 saturated heterocycles. The normalized spacial score (nSPS) is 11.9. The second-order valence-electron chi connectivity index (χ2n) is 10.5. The fourth-order valence-electron chi connectivity index (χ4n) is 3.99. The van der Waals surface area contributed by atoms with Gasteiger partial charge in [0.2, 0.25) is 10.4 Å². The molecule has 0 aromatic rings. The summed E-state index contributed by atoms with van der Waals surface area (Å²) in [6, 6.07) is 0. The van der Waals surface area contributed by atoms with Gasteiger partial charge in [0.15, 0.2) is 0 Å². The van der Waals surface area contributed by atoms with Gasteiger partial charge in [0.05, 0.1) is 34.3 Å². The van der Waals surface area contributed by atoms with E-state index in [1.165, 1.54) is 142 Å². The summed E-state index contributed by atoms with van der Waals surface area (Å²) in [7, 11) is 2.48. The molecule has 0 heterocycles. The van der Waals surface area contributed by atoms with Crippen LogP contribution in [-0.4, -0.2) is 51.7 Å². The molecule has 6 heteroatoms. The average molecular weight is 494 g/mol. The van der Waals surface area contributed by atoms with Crippen molar-refractivity contribution in [2.75, 3.05) is 34.3 Å². The zero-order chi connectivity index (χ0) is 25.3. The van der Waals surface area contributed by atoms with Crippen LogP contribution in [0.3, 0.4) is 0 Å². The maximum Gasteiger partial charge on any atom is 0.217 e. The molecule has 0 bridgehead atoms. The SMILES string of the molecule is CCCCCCCCCCCCCCCCCCCCCC[N+](C)(C)C.CCOS(=O)(=O)[O-]. The van der Waals surface area contributed by atoms with Crippen molar-refractivity contribution >= 4 is 10.4 Å². The average Bonchev–Trinajstić information content (AvgIpc) is 2.71. The summed E-state index contributed by atoms with van der Waals surface area (Å²) in [6.45, 7) is 4.97. The van der Waals surface area contributed by atoms with Gasteiger partial charge in [-0.2, -0.15) is 0 Å². The minimum Gasteiger partial charge on any atom is -0.726 e. The molecule has 0 aliphatic heterocycles. The summed E-state index contributed by atoms with van der Waals surface area (Å²) in [5.41, 5.74) is 0. The van der Waals surface area contributed by atoms with Gasteiger partial charge in [0.1, 0.15) is 0 Å². The van der Waals surface area contributed by atoms with E-state index in [0.29, 0.717) is 0 Å². The quantitative estimate of drug-likeness (QED) is 0.0626. The number of hydrogen-bond acceptors (Lipinski definition) is 4.